The molecule has 2 aliphatic rings. The van der Waals surface area contributed by atoms with Gasteiger partial charge in [0, 0.05) is 12.5 Å². The fourth-order valence-electron chi connectivity index (χ4n) is 4.29. The van der Waals surface area contributed by atoms with Crippen LogP contribution in [0.5, 0.6) is 0 Å². The van der Waals surface area contributed by atoms with E-state index in [2.05, 4.69) is 10.6 Å². The first-order valence-corrected chi connectivity index (χ1v) is 10.7. The standard InChI is InChI=1S/C24H24F2N2O5/c25-22(26)20(10-21(29)27-11-13-9-18(13)23(30)31)28-24(32)33-12-19-16-7-3-1-5-14(16)15-6-2-4-8-17(15)19/h1-8,13,18-20,22H,9-12H2,(H,27,29)(H,28,32)(H,30,31)/t13-,18-,20?/m0/s1. The molecular formula is C24H24F2N2O5. The molecule has 0 radical (unpaired) electrons. The van der Waals surface area contributed by atoms with Gasteiger partial charge in [-0.1, -0.05) is 48.5 Å². The van der Waals surface area contributed by atoms with E-state index < -0.39 is 42.8 Å². The van der Waals surface area contributed by atoms with Crippen LogP contribution in [0.25, 0.3) is 11.1 Å². The highest BCUT2D eigenvalue weighted by Crippen LogP contribution is 2.44. The van der Waals surface area contributed by atoms with Gasteiger partial charge in [-0.15, -0.1) is 0 Å². The van der Waals surface area contributed by atoms with E-state index in [0.717, 1.165) is 22.3 Å². The Balaban J connectivity index is 1.30. The van der Waals surface area contributed by atoms with E-state index in [1.807, 2.05) is 48.5 Å². The fraction of sp³-hybridized carbons (Fsp3) is 0.375. The predicted molar refractivity (Wildman–Crippen MR) is 115 cm³/mol. The molecule has 1 saturated carbocycles. The van der Waals surface area contributed by atoms with Crippen molar-refractivity contribution in [3.63, 3.8) is 0 Å². The Labute approximate surface area is 189 Å². The number of carboxylic acid groups (broad SMARTS) is 1. The van der Waals surface area contributed by atoms with Crippen molar-refractivity contribution >= 4 is 18.0 Å². The zero-order valence-electron chi connectivity index (χ0n) is 17.7. The molecule has 1 fully saturated rings. The Bertz CT molecular complexity index is 1020. The van der Waals surface area contributed by atoms with E-state index in [-0.39, 0.29) is 25.0 Å². The highest BCUT2D eigenvalue weighted by molar-refractivity contribution is 5.80. The second kappa shape index (κ2) is 9.56. The zero-order valence-corrected chi connectivity index (χ0v) is 17.7. The Hall–Kier alpha value is -3.49. The quantitative estimate of drug-likeness (QED) is 0.534. The predicted octanol–water partition coefficient (Wildman–Crippen LogP) is 3.39. The van der Waals surface area contributed by atoms with Crippen LogP contribution in [0.1, 0.15) is 29.9 Å². The van der Waals surface area contributed by atoms with Gasteiger partial charge in [0.1, 0.15) is 12.6 Å². The number of alkyl carbamates (subject to hydrolysis) is 1. The molecule has 1 unspecified atom stereocenters. The van der Waals surface area contributed by atoms with Gasteiger partial charge in [0.2, 0.25) is 5.91 Å². The van der Waals surface area contributed by atoms with Crippen molar-refractivity contribution in [3.05, 3.63) is 59.7 Å². The molecule has 3 N–H and O–H groups in total. The monoisotopic (exact) mass is 458 g/mol. The van der Waals surface area contributed by atoms with E-state index in [1.54, 1.807) is 0 Å². The number of rotatable bonds is 9. The first kappa shape index (κ1) is 22.7. The third kappa shape index (κ3) is 5.13. The van der Waals surface area contributed by atoms with Gasteiger partial charge in [-0.3, -0.25) is 9.59 Å². The minimum Gasteiger partial charge on any atom is -0.481 e. The molecule has 0 saturated heterocycles. The van der Waals surface area contributed by atoms with E-state index in [9.17, 15) is 23.2 Å². The lowest BCUT2D eigenvalue weighted by Gasteiger charge is -2.19. The number of benzene rings is 2. The van der Waals surface area contributed by atoms with Crippen LogP contribution in [0.4, 0.5) is 13.6 Å². The largest absolute Gasteiger partial charge is 0.481 e. The molecule has 0 heterocycles. The van der Waals surface area contributed by atoms with Crippen LogP contribution in [0, 0.1) is 11.8 Å². The number of hydrogen-bond acceptors (Lipinski definition) is 4. The van der Waals surface area contributed by atoms with Gasteiger partial charge in [0.15, 0.2) is 0 Å². The van der Waals surface area contributed by atoms with Gasteiger partial charge in [-0.2, -0.15) is 0 Å². The number of alkyl halides is 2. The van der Waals surface area contributed by atoms with Crippen molar-refractivity contribution in [2.75, 3.05) is 13.2 Å². The second-order valence-corrected chi connectivity index (χ2v) is 8.36. The summed E-state index contributed by atoms with van der Waals surface area (Å²) in [5.74, 6) is -2.52. The topological polar surface area (TPSA) is 105 Å². The molecule has 7 nitrogen and oxygen atoms in total. The molecule has 4 rings (SSSR count). The molecule has 33 heavy (non-hydrogen) atoms. The van der Waals surface area contributed by atoms with Gasteiger partial charge in [0.25, 0.3) is 6.43 Å². The summed E-state index contributed by atoms with van der Waals surface area (Å²) in [5.41, 5.74) is 4.09. The summed E-state index contributed by atoms with van der Waals surface area (Å²) in [7, 11) is 0. The van der Waals surface area contributed by atoms with Gasteiger partial charge < -0.3 is 20.5 Å². The van der Waals surface area contributed by atoms with Gasteiger partial charge in [-0.05, 0) is 34.6 Å². The SMILES string of the molecule is O=C(CC(NC(=O)OCC1c2ccccc2-c2ccccc21)C(F)F)NC[C@@H]1C[C@@H]1C(=O)O. The highest BCUT2D eigenvalue weighted by Gasteiger charge is 2.43. The Morgan fingerprint density at radius 2 is 1.64 bits per heavy atom. The first-order valence-electron chi connectivity index (χ1n) is 10.7. The zero-order chi connectivity index (χ0) is 23.5. The lowest BCUT2D eigenvalue weighted by Crippen LogP contribution is -2.44. The molecule has 2 amide bonds. The number of hydrogen-bond donors (Lipinski definition) is 3. The van der Waals surface area contributed by atoms with Gasteiger partial charge >= 0.3 is 12.1 Å². The van der Waals surface area contributed by atoms with E-state index in [1.165, 1.54) is 0 Å². The van der Waals surface area contributed by atoms with Crippen molar-refractivity contribution in [2.24, 2.45) is 11.8 Å². The van der Waals surface area contributed by atoms with Crippen LogP contribution < -0.4 is 10.6 Å². The average Bonchev–Trinajstić information content (AvgIpc) is 3.51. The lowest BCUT2D eigenvalue weighted by atomic mass is 9.98. The molecule has 2 aromatic rings. The van der Waals surface area contributed by atoms with Crippen LogP contribution >= 0.6 is 0 Å². The Morgan fingerprint density at radius 1 is 1.03 bits per heavy atom. The summed E-state index contributed by atoms with van der Waals surface area (Å²) in [6, 6.07) is 13.8. The number of ether oxygens (including phenoxy) is 1. The second-order valence-electron chi connectivity index (χ2n) is 8.36. The van der Waals surface area contributed by atoms with E-state index in [4.69, 9.17) is 9.84 Å². The number of carboxylic acids is 1. The molecule has 0 aromatic heterocycles. The minimum atomic E-state index is -2.97. The smallest absolute Gasteiger partial charge is 0.407 e. The molecule has 174 valence electrons. The van der Waals surface area contributed by atoms with Crippen LogP contribution in [0.2, 0.25) is 0 Å². The first-order chi connectivity index (χ1) is 15.8. The van der Waals surface area contributed by atoms with Crippen LogP contribution in [0.15, 0.2) is 48.5 Å². The summed E-state index contributed by atoms with van der Waals surface area (Å²) in [6.07, 6.45) is -4.18. The van der Waals surface area contributed by atoms with Crippen LogP contribution in [0.3, 0.4) is 0 Å². The normalized spacial score (nSPS) is 19.4. The van der Waals surface area contributed by atoms with Crippen molar-refractivity contribution in [1.29, 1.82) is 0 Å². The van der Waals surface area contributed by atoms with Crippen molar-refractivity contribution in [3.8, 4) is 11.1 Å². The number of amides is 2. The summed E-state index contributed by atoms with van der Waals surface area (Å²) in [4.78, 5) is 35.1. The number of carbonyl (C=O) groups excluding carboxylic acids is 2. The van der Waals surface area contributed by atoms with Gasteiger partial charge in [-0.25, -0.2) is 13.6 Å². The molecule has 9 heteroatoms. The maximum absolute atomic E-state index is 13.4. The average molecular weight is 458 g/mol. The summed E-state index contributed by atoms with van der Waals surface area (Å²) in [5, 5.41) is 13.4. The molecule has 2 aliphatic carbocycles. The molecule has 3 atom stereocenters. The van der Waals surface area contributed by atoms with Crippen molar-refractivity contribution in [1.82, 2.24) is 10.6 Å². The molecule has 0 spiro atoms. The number of fused-ring (bicyclic) bond motifs is 3. The molecule has 0 bridgehead atoms. The fourth-order valence-corrected chi connectivity index (χ4v) is 4.29. The third-order valence-electron chi connectivity index (χ3n) is 6.16. The maximum atomic E-state index is 13.4. The maximum Gasteiger partial charge on any atom is 0.407 e. The third-order valence-corrected chi connectivity index (χ3v) is 6.16. The van der Waals surface area contributed by atoms with Gasteiger partial charge in [0.05, 0.1) is 12.3 Å². The number of carbonyl (C=O) groups is 3. The van der Waals surface area contributed by atoms with Crippen molar-refractivity contribution < 1.29 is 33.0 Å². The molecule has 0 aliphatic heterocycles. The Morgan fingerprint density at radius 3 is 2.18 bits per heavy atom. The lowest BCUT2D eigenvalue weighted by molar-refractivity contribution is -0.139. The summed E-state index contributed by atoms with van der Waals surface area (Å²) in [6.45, 7) is 0.0803. The number of nitrogens with one attached hydrogen (secondary N) is 2. The van der Waals surface area contributed by atoms with E-state index in [0.29, 0.717) is 6.42 Å². The number of halogens is 2. The highest BCUT2D eigenvalue weighted by atomic mass is 19.3. The summed E-state index contributed by atoms with van der Waals surface area (Å²) >= 11 is 0. The van der Waals surface area contributed by atoms with E-state index >= 15 is 0 Å². The van der Waals surface area contributed by atoms with Crippen LogP contribution in [-0.2, 0) is 14.3 Å². The minimum absolute atomic E-state index is 0.0275. The Kier molecular flexibility index (Phi) is 6.57. The molecule has 2 aromatic carbocycles. The summed E-state index contributed by atoms with van der Waals surface area (Å²) < 4.78 is 32.1. The van der Waals surface area contributed by atoms with Crippen LogP contribution in [-0.4, -0.2) is 48.7 Å². The number of aliphatic carboxylic acids is 1. The van der Waals surface area contributed by atoms with Crippen molar-refractivity contribution in [2.45, 2.75) is 31.2 Å². The molecular weight excluding hydrogens is 434 g/mol.